The lowest BCUT2D eigenvalue weighted by atomic mass is 10.1. The molecule has 2 aromatic carbocycles. The van der Waals surface area contributed by atoms with E-state index in [1.165, 1.54) is 7.11 Å². The number of carbonyl (C=O) groups excluding carboxylic acids is 1. The Balaban J connectivity index is 1.29. The third-order valence-electron chi connectivity index (χ3n) is 5.92. The fraction of sp³-hybridized carbons (Fsp3) is 0.261. The molecule has 1 saturated heterocycles. The quantitative estimate of drug-likeness (QED) is 0.327. The molecular formula is C23H24N6O5S. The van der Waals surface area contributed by atoms with Crippen molar-refractivity contribution in [2.45, 2.75) is 10.9 Å². The van der Waals surface area contributed by atoms with Crippen molar-refractivity contribution in [3.8, 4) is 11.5 Å². The highest BCUT2D eigenvalue weighted by atomic mass is 32.2. The molecule has 4 aromatic rings. The Morgan fingerprint density at radius 3 is 2.57 bits per heavy atom. The first-order valence-electron chi connectivity index (χ1n) is 10.7. The van der Waals surface area contributed by atoms with Gasteiger partial charge in [-0.3, -0.25) is 0 Å². The van der Waals surface area contributed by atoms with Gasteiger partial charge in [-0.1, -0.05) is 6.07 Å². The zero-order valence-electron chi connectivity index (χ0n) is 19.3. The Hall–Kier alpha value is -3.90. The lowest BCUT2D eigenvalue weighted by molar-refractivity contribution is 0.0601. The molecule has 4 N–H and O–H groups in total. The zero-order chi connectivity index (χ0) is 24.7. The van der Waals surface area contributed by atoms with Crippen LogP contribution in [0.5, 0.6) is 11.5 Å². The Morgan fingerprint density at radius 1 is 1.11 bits per heavy atom. The van der Waals surface area contributed by atoms with E-state index >= 15 is 0 Å². The summed E-state index contributed by atoms with van der Waals surface area (Å²) in [6.07, 6.45) is 1.68. The van der Waals surface area contributed by atoms with Crippen LogP contribution in [-0.4, -0.2) is 65.6 Å². The molecule has 35 heavy (non-hydrogen) atoms. The van der Waals surface area contributed by atoms with E-state index in [0.29, 0.717) is 63.2 Å². The normalized spacial score (nSPS) is 14.7. The van der Waals surface area contributed by atoms with Gasteiger partial charge in [-0.25, -0.2) is 18.7 Å². The lowest BCUT2D eigenvalue weighted by Crippen LogP contribution is -2.58. The van der Waals surface area contributed by atoms with Crippen LogP contribution >= 0.6 is 0 Å². The fourth-order valence-corrected chi connectivity index (χ4v) is 5.16. The van der Waals surface area contributed by atoms with E-state index in [-0.39, 0.29) is 6.04 Å². The van der Waals surface area contributed by atoms with Gasteiger partial charge in [-0.15, -0.1) is 0 Å². The minimum absolute atomic E-state index is 0.0268. The number of hydrogen-bond donors (Lipinski definition) is 3. The van der Waals surface area contributed by atoms with Crippen LogP contribution in [0.25, 0.3) is 21.8 Å². The van der Waals surface area contributed by atoms with Crippen LogP contribution in [0.4, 0.5) is 11.8 Å². The van der Waals surface area contributed by atoms with Gasteiger partial charge in [-0.2, -0.15) is 4.98 Å². The standard InChI is InChI=1S/C23H24N6O5S/c1-32-18-7-15-17(8-19(18)33-2)26-23(27-21(15)24)29-10-13(11-29)28-35(31)20-9-25-16-6-12(22(30)34-3)4-5-14(16)20/h4-9,13,25,28H,10-11H2,1-3H3,(H2,24,26,27). The topological polar surface area (TPSA) is 145 Å². The molecular weight excluding hydrogens is 472 g/mol. The van der Waals surface area contributed by atoms with Gasteiger partial charge < -0.3 is 29.8 Å². The smallest absolute Gasteiger partial charge is 0.337 e. The van der Waals surface area contributed by atoms with Crippen molar-refractivity contribution >= 4 is 50.5 Å². The van der Waals surface area contributed by atoms with Gasteiger partial charge in [0.2, 0.25) is 5.95 Å². The second-order valence-electron chi connectivity index (χ2n) is 8.03. The highest BCUT2D eigenvalue weighted by molar-refractivity contribution is 7.83. The van der Waals surface area contributed by atoms with Gasteiger partial charge in [0, 0.05) is 41.6 Å². The van der Waals surface area contributed by atoms with Gasteiger partial charge in [-0.05, 0) is 18.2 Å². The summed E-state index contributed by atoms with van der Waals surface area (Å²) in [5.41, 5.74) is 7.97. The predicted octanol–water partition coefficient (Wildman–Crippen LogP) is 2.00. The van der Waals surface area contributed by atoms with Gasteiger partial charge in [0.25, 0.3) is 0 Å². The monoisotopic (exact) mass is 496 g/mol. The van der Waals surface area contributed by atoms with Crippen molar-refractivity contribution in [3.05, 3.63) is 42.1 Å². The van der Waals surface area contributed by atoms with Crippen molar-refractivity contribution in [3.63, 3.8) is 0 Å². The fourth-order valence-electron chi connectivity index (χ4n) is 4.04. The molecule has 11 nitrogen and oxygen atoms in total. The Kier molecular flexibility index (Phi) is 5.91. The number of H-pyrrole nitrogens is 1. The van der Waals surface area contributed by atoms with Crippen molar-refractivity contribution in [2.24, 2.45) is 0 Å². The van der Waals surface area contributed by atoms with E-state index < -0.39 is 17.0 Å². The molecule has 3 heterocycles. The minimum atomic E-state index is -1.45. The largest absolute Gasteiger partial charge is 0.493 e. The number of benzene rings is 2. The van der Waals surface area contributed by atoms with E-state index in [9.17, 15) is 9.00 Å². The minimum Gasteiger partial charge on any atom is -0.493 e. The highest BCUT2D eigenvalue weighted by Crippen LogP contribution is 2.34. The Bertz CT molecular complexity index is 1470. The van der Waals surface area contributed by atoms with Crippen LogP contribution < -0.4 is 24.8 Å². The number of aromatic amines is 1. The first kappa shape index (κ1) is 22.9. The van der Waals surface area contributed by atoms with Gasteiger partial charge in [0.15, 0.2) is 11.5 Å². The number of anilines is 2. The number of esters is 1. The lowest BCUT2D eigenvalue weighted by Gasteiger charge is -2.39. The molecule has 5 rings (SSSR count). The second-order valence-corrected chi connectivity index (χ2v) is 9.24. The summed E-state index contributed by atoms with van der Waals surface area (Å²) >= 11 is 0. The summed E-state index contributed by atoms with van der Waals surface area (Å²) in [5.74, 6) is 1.52. The molecule has 0 saturated carbocycles. The van der Waals surface area contributed by atoms with E-state index in [4.69, 9.17) is 19.9 Å². The third-order valence-corrected chi connectivity index (χ3v) is 7.21. The third kappa shape index (κ3) is 4.10. The number of nitrogens with two attached hydrogens (primary N) is 1. The maximum Gasteiger partial charge on any atom is 0.337 e. The summed E-state index contributed by atoms with van der Waals surface area (Å²) < 4.78 is 31.6. The van der Waals surface area contributed by atoms with Gasteiger partial charge >= 0.3 is 5.97 Å². The maximum atomic E-state index is 13.0. The number of carbonyl (C=O) groups is 1. The summed E-state index contributed by atoms with van der Waals surface area (Å²) in [7, 11) is 3.00. The van der Waals surface area contributed by atoms with Crippen LogP contribution in [0.3, 0.4) is 0 Å². The molecule has 1 aliphatic heterocycles. The molecule has 1 unspecified atom stereocenters. The maximum absolute atomic E-state index is 13.0. The van der Waals surface area contributed by atoms with Crippen LogP contribution in [-0.2, 0) is 15.7 Å². The summed E-state index contributed by atoms with van der Waals surface area (Å²) in [4.78, 5) is 26.5. The van der Waals surface area contributed by atoms with Crippen LogP contribution in [0.1, 0.15) is 10.4 Å². The van der Waals surface area contributed by atoms with Crippen LogP contribution in [0.2, 0.25) is 0 Å². The molecule has 0 radical (unpaired) electrons. The predicted molar refractivity (Wildman–Crippen MR) is 132 cm³/mol. The first-order chi connectivity index (χ1) is 16.9. The molecule has 182 valence electrons. The number of methoxy groups -OCH3 is 3. The van der Waals surface area contributed by atoms with E-state index in [2.05, 4.69) is 19.7 Å². The highest BCUT2D eigenvalue weighted by Gasteiger charge is 2.31. The second kappa shape index (κ2) is 9.04. The molecule has 1 aliphatic rings. The number of nitrogens with zero attached hydrogens (tertiary/aromatic N) is 3. The SMILES string of the molecule is COC(=O)c1ccc2c(S(=O)NC3CN(c4nc(N)c5cc(OC)c(OC)cc5n4)C3)c[nH]c2c1. The van der Waals surface area contributed by atoms with Crippen molar-refractivity contribution in [2.75, 3.05) is 45.1 Å². The van der Waals surface area contributed by atoms with Crippen LogP contribution in [0, 0.1) is 0 Å². The first-order valence-corrected chi connectivity index (χ1v) is 11.9. The molecule has 1 fully saturated rings. The van der Waals surface area contributed by atoms with Crippen molar-refractivity contribution < 1.29 is 23.2 Å². The summed E-state index contributed by atoms with van der Waals surface area (Å²) in [6.45, 7) is 1.14. The molecule has 0 amide bonds. The number of nitrogens with one attached hydrogen (secondary N) is 2. The van der Waals surface area contributed by atoms with Crippen molar-refractivity contribution in [1.29, 1.82) is 0 Å². The number of nitrogen functional groups attached to an aromatic ring is 1. The number of fused-ring (bicyclic) bond motifs is 2. The average molecular weight is 497 g/mol. The van der Waals surface area contributed by atoms with Gasteiger partial charge in [0.1, 0.15) is 16.8 Å². The van der Waals surface area contributed by atoms with E-state index in [0.717, 1.165) is 5.39 Å². The molecule has 0 aliphatic carbocycles. The number of hydrogen-bond acceptors (Lipinski definition) is 9. The number of rotatable bonds is 7. The number of ether oxygens (including phenoxy) is 3. The van der Waals surface area contributed by atoms with Crippen molar-refractivity contribution in [1.82, 2.24) is 19.7 Å². The molecule has 2 aromatic heterocycles. The Morgan fingerprint density at radius 2 is 1.86 bits per heavy atom. The number of aromatic nitrogens is 3. The van der Waals surface area contributed by atoms with E-state index in [1.54, 1.807) is 50.7 Å². The Labute approximate surface area is 203 Å². The van der Waals surface area contributed by atoms with E-state index in [1.807, 2.05) is 4.90 Å². The molecule has 0 bridgehead atoms. The molecule has 1 atom stereocenters. The summed E-state index contributed by atoms with van der Waals surface area (Å²) in [5, 5.41) is 1.45. The zero-order valence-corrected chi connectivity index (χ0v) is 20.1. The molecule has 12 heteroatoms. The summed E-state index contributed by atoms with van der Waals surface area (Å²) in [6, 6.07) is 8.59. The van der Waals surface area contributed by atoms with Crippen LogP contribution in [0.15, 0.2) is 41.4 Å². The van der Waals surface area contributed by atoms with Gasteiger partial charge in [0.05, 0.1) is 43.3 Å². The molecule has 0 spiro atoms. The average Bonchev–Trinajstić information content (AvgIpc) is 3.27.